The first-order valence-corrected chi connectivity index (χ1v) is 6.73. The highest BCUT2D eigenvalue weighted by molar-refractivity contribution is 5.27. The maximum Gasteiger partial charge on any atom is 0.0236 e. The molecule has 1 aliphatic carbocycles. The highest BCUT2D eigenvalue weighted by Crippen LogP contribution is 2.25. The smallest absolute Gasteiger partial charge is 0.0236 e. The third-order valence-corrected chi connectivity index (χ3v) is 3.88. The average Bonchev–Trinajstić information content (AvgIpc) is 2.25. The molecule has 0 amide bonds. The van der Waals surface area contributed by atoms with Crippen molar-refractivity contribution < 1.29 is 0 Å². The summed E-state index contributed by atoms with van der Waals surface area (Å²) in [5, 5.41) is 3.23. The molecule has 1 fully saturated rings. The van der Waals surface area contributed by atoms with Gasteiger partial charge in [-0.1, -0.05) is 30.7 Å². The van der Waals surface area contributed by atoms with E-state index in [0.29, 0.717) is 0 Å². The fraction of sp³-hybridized carbons (Fsp3) is 0.600. The van der Waals surface area contributed by atoms with E-state index in [1.807, 2.05) is 7.05 Å². The molecule has 1 saturated carbocycles. The van der Waals surface area contributed by atoms with Crippen LogP contribution in [-0.4, -0.2) is 31.6 Å². The predicted molar refractivity (Wildman–Crippen MR) is 73.2 cm³/mol. The summed E-state index contributed by atoms with van der Waals surface area (Å²) in [4.78, 5) is 2.52. The van der Waals surface area contributed by atoms with Gasteiger partial charge in [-0.05, 0) is 51.0 Å². The zero-order valence-corrected chi connectivity index (χ0v) is 11.1. The lowest BCUT2D eigenvalue weighted by Gasteiger charge is -2.35. The first kappa shape index (κ1) is 12.6. The molecule has 1 aromatic rings. The zero-order valence-electron chi connectivity index (χ0n) is 11.1. The van der Waals surface area contributed by atoms with Crippen LogP contribution in [0.5, 0.6) is 0 Å². The van der Waals surface area contributed by atoms with Crippen molar-refractivity contribution in [2.45, 2.75) is 38.3 Å². The van der Waals surface area contributed by atoms with Gasteiger partial charge in [-0.15, -0.1) is 0 Å². The molecular formula is C15H24N2. The van der Waals surface area contributed by atoms with Gasteiger partial charge >= 0.3 is 0 Å². The molecule has 0 unspecified atom stereocenters. The van der Waals surface area contributed by atoms with Gasteiger partial charge in [-0.3, -0.25) is 4.90 Å². The van der Waals surface area contributed by atoms with Crippen LogP contribution >= 0.6 is 0 Å². The van der Waals surface area contributed by atoms with Gasteiger partial charge in [-0.2, -0.15) is 0 Å². The summed E-state index contributed by atoms with van der Waals surface area (Å²) in [5.74, 6) is 0. The summed E-state index contributed by atoms with van der Waals surface area (Å²) in [6.07, 6.45) is 5.31. The highest BCUT2D eigenvalue weighted by atomic mass is 15.1. The molecule has 0 saturated heterocycles. The molecule has 17 heavy (non-hydrogen) atoms. The average molecular weight is 232 g/mol. The van der Waals surface area contributed by atoms with Crippen LogP contribution in [-0.2, 0) is 13.0 Å². The SMILES string of the molecule is CNCCc1ccccc1CN(C)C1CCC1. The largest absolute Gasteiger partial charge is 0.319 e. The van der Waals surface area contributed by atoms with Crippen molar-refractivity contribution in [2.24, 2.45) is 0 Å². The first-order valence-electron chi connectivity index (χ1n) is 6.73. The lowest BCUT2D eigenvalue weighted by molar-refractivity contribution is 0.152. The van der Waals surface area contributed by atoms with Crippen molar-refractivity contribution in [1.82, 2.24) is 10.2 Å². The lowest BCUT2D eigenvalue weighted by Crippen LogP contribution is -2.36. The van der Waals surface area contributed by atoms with Crippen LogP contribution < -0.4 is 5.32 Å². The van der Waals surface area contributed by atoms with Gasteiger partial charge in [0.2, 0.25) is 0 Å². The molecule has 0 heterocycles. The van der Waals surface area contributed by atoms with E-state index < -0.39 is 0 Å². The van der Waals surface area contributed by atoms with Crippen LogP contribution in [0.1, 0.15) is 30.4 Å². The monoisotopic (exact) mass is 232 g/mol. The summed E-state index contributed by atoms with van der Waals surface area (Å²) in [5.41, 5.74) is 2.99. The standard InChI is InChI=1S/C15H24N2/c1-16-11-10-13-6-3-4-7-14(13)12-17(2)15-8-5-9-15/h3-4,6-7,15-16H,5,8-12H2,1-2H3. The Hall–Kier alpha value is -0.860. The highest BCUT2D eigenvalue weighted by Gasteiger charge is 2.22. The van der Waals surface area contributed by atoms with Crippen molar-refractivity contribution in [1.29, 1.82) is 0 Å². The maximum absolute atomic E-state index is 3.23. The first-order chi connectivity index (χ1) is 8.31. The quantitative estimate of drug-likeness (QED) is 0.810. The summed E-state index contributed by atoms with van der Waals surface area (Å²) in [6, 6.07) is 9.68. The number of nitrogens with zero attached hydrogens (tertiary/aromatic N) is 1. The molecule has 2 nitrogen and oxygen atoms in total. The van der Waals surface area contributed by atoms with Gasteiger partial charge in [0.1, 0.15) is 0 Å². The number of hydrogen-bond donors (Lipinski definition) is 1. The zero-order chi connectivity index (χ0) is 12.1. The van der Waals surface area contributed by atoms with Gasteiger partial charge < -0.3 is 5.32 Å². The fourth-order valence-corrected chi connectivity index (χ4v) is 2.44. The minimum absolute atomic E-state index is 0.826. The Kier molecular flexibility index (Phi) is 4.57. The topological polar surface area (TPSA) is 15.3 Å². The second kappa shape index (κ2) is 6.18. The van der Waals surface area contributed by atoms with E-state index in [4.69, 9.17) is 0 Å². The molecule has 1 aliphatic rings. The molecule has 2 heteroatoms. The Labute approximate surface area is 105 Å². The van der Waals surface area contributed by atoms with E-state index in [2.05, 4.69) is 41.5 Å². The number of benzene rings is 1. The fourth-order valence-electron chi connectivity index (χ4n) is 2.44. The second-order valence-electron chi connectivity index (χ2n) is 5.12. The molecule has 0 aromatic heterocycles. The number of nitrogens with one attached hydrogen (secondary N) is 1. The third kappa shape index (κ3) is 3.30. The molecule has 0 spiro atoms. The third-order valence-electron chi connectivity index (χ3n) is 3.88. The van der Waals surface area contributed by atoms with Crippen molar-refractivity contribution in [3.63, 3.8) is 0 Å². The molecule has 94 valence electrons. The van der Waals surface area contributed by atoms with E-state index >= 15 is 0 Å². The molecule has 0 radical (unpaired) electrons. The minimum atomic E-state index is 0.826. The normalized spacial score (nSPS) is 16.2. The molecule has 2 rings (SSSR count). The molecule has 1 aromatic carbocycles. The van der Waals surface area contributed by atoms with Crippen LogP contribution in [0.4, 0.5) is 0 Å². The summed E-state index contributed by atoms with van der Waals surface area (Å²) in [7, 11) is 4.28. The number of rotatable bonds is 6. The van der Waals surface area contributed by atoms with E-state index in [0.717, 1.165) is 25.6 Å². The minimum Gasteiger partial charge on any atom is -0.319 e. The van der Waals surface area contributed by atoms with Crippen molar-refractivity contribution in [3.8, 4) is 0 Å². The predicted octanol–water partition coefficient (Wildman–Crippen LogP) is 2.43. The Bertz CT molecular complexity index is 345. The van der Waals surface area contributed by atoms with Crippen LogP contribution in [0.15, 0.2) is 24.3 Å². The van der Waals surface area contributed by atoms with E-state index in [-0.39, 0.29) is 0 Å². The summed E-state index contributed by atoms with van der Waals surface area (Å²) < 4.78 is 0. The van der Waals surface area contributed by atoms with Crippen LogP contribution in [0, 0.1) is 0 Å². The van der Waals surface area contributed by atoms with Crippen molar-refractivity contribution in [3.05, 3.63) is 35.4 Å². The van der Waals surface area contributed by atoms with E-state index in [1.165, 1.54) is 30.4 Å². The van der Waals surface area contributed by atoms with Crippen molar-refractivity contribution in [2.75, 3.05) is 20.6 Å². The van der Waals surface area contributed by atoms with Crippen LogP contribution in [0.25, 0.3) is 0 Å². The molecular weight excluding hydrogens is 208 g/mol. The van der Waals surface area contributed by atoms with Gasteiger partial charge in [0, 0.05) is 12.6 Å². The number of likely N-dealkylation sites (N-methyl/N-ethyl adjacent to an activating group) is 1. The molecule has 1 N–H and O–H groups in total. The van der Waals surface area contributed by atoms with Gasteiger partial charge in [0.15, 0.2) is 0 Å². The van der Waals surface area contributed by atoms with Gasteiger partial charge in [-0.25, -0.2) is 0 Å². The molecule has 0 atom stereocenters. The van der Waals surface area contributed by atoms with Gasteiger partial charge in [0.05, 0.1) is 0 Å². The Morgan fingerprint density at radius 2 is 1.94 bits per heavy atom. The molecule has 0 bridgehead atoms. The van der Waals surface area contributed by atoms with Crippen LogP contribution in [0.2, 0.25) is 0 Å². The van der Waals surface area contributed by atoms with Gasteiger partial charge in [0.25, 0.3) is 0 Å². The lowest BCUT2D eigenvalue weighted by atomic mass is 9.91. The summed E-state index contributed by atoms with van der Waals surface area (Å²) in [6.45, 7) is 2.16. The maximum atomic E-state index is 3.23. The van der Waals surface area contributed by atoms with E-state index in [1.54, 1.807) is 0 Å². The summed E-state index contributed by atoms with van der Waals surface area (Å²) >= 11 is 0. The van der Waals surface area contributed by atoms with Crippen molar-refractivity contribution >= 4 is 0 Å². The molecule has 0 aliphatic heterocycles. The Morgan fingerprint density at radius 3 is 2.53 bits per heavy atom. The second-order valence-corrected chi connectivity index (χ2v) is 5.12. The Balaban J connectivity index is 1.98. The van der Waals surface area contributed by atoms with E-state index in [9.17, 15) is 0 Å². The Morgan fingerprint density at radius 1 is 1.24 bits per heavy atom. The number of hydrogen-bond acceptors (Lipinski definition) is 2. The van der Waals surface area contributed by atoms with Crippen LogP contribution in [0.3, 0.4) is 0 Å².